The quantitative estimate of drug-likeness (QED) is 0.837. The van der Waals surface area contributed by atoms with Gasteiger partial charge in [0.15, 0.2) is 0 Å². The number of hydrogen-bond acceptors (Lipinski definition) is 3. The number of amides is 1. The zero-order chi connectivity index (χ0) is 15.9. The first kappa shape index (κ1) is 14.8. The molecule has 2 aliphatic rings. The topological polar surface area (TPSA) is 75.6 Å². The Morgan fingerprint density at radius 2 is 1.77 bits per heavy atom. The molecular formula is C17H19NO4. The van der Waals surface area contributed by atoms with Crippen LogP contribution in [-0.2, 0) is 14.3 Å². The minimum atomic E-state index is -0.992. The van der Waals surface area contributed by atoms with Gasteiger partial charge in [0, 0.05) is 5.69 Å². The maximum atomic E-state index is 12.6. The van der Waals surface area contributed by atoms with Crippen molar-refractivity contribution in [2.75, 3.05) is 5.32 Å². The third-order valence-electron chi connectivity index (χ3n) is 4.33. The van der Waals surface area contributed by atoms with E-state index in [-0.39, 0.29) is 11.8 Å². The third-order valence-corrected chi connectivity index (χ3v) is 4.33. The summed E-state index contributed by atoms with van der Waals surface area (Å²) in [6, 6.07) is 7.58. The highest BCUT2D eigenvalue weighted by molar-refractivity contribution is 5.97. The fourth-order valence-electron chi connectivity index (χ4n) is 3.25. The van der Waals surface area contributed by atoms with E-state index < -0.39 is 30.0 Å². The van der Waals surface area contributed by atoms with E-state index in [1.807, 2.05) is 24.3 Å². The van der Waals surface area contributed by atoms with Crippen molar-refractivity contribution in [3.8, 4) is 0 Å². The molecule has 2 aliphatic heterocycles. The van der Waals surface area contributed by atoms with Crippen LogP contribution < -0.4 is 5.32 Å². The van der Waals surface area contributed by atoms with Crippen LogP contribution in [-0.4, -0.2) is 29.2 Å². The van der Waals surface area contributed by atoms with Crippen LogP contribution in [0.4, 0.5) is 5.69 Å². The van der Waals surface area contributed by atoms with E-state index in [9.17, 15) is 14.7 Å². The number of ether oxygens (including phenoxy) is 1. The summed E-state index contributed by atoms with van der Waals surface area (Å²) in [6.45, 7) is 4.10. The Hall–Kier alpha value is -2.14. The number of benzene rings is 1. The molecule has 116 valence electrons. The summed E-state index contributed by atoms with van der Waals surface area (Å²) < 4.78 is 5.54. The highest BCUT2D eigenvalue weighted by Crippen LogP contribution is 2.40. The number of aliphatic carboxylic acids is 1. The van der Waals surface area contributed by atoms with Crippen LogP contribution in [0.25, 0.3) is 0 Å². The molecule has 22 heavy (non-hydrogen) atoms. The molecule has 2 bridgehead atoms. The highest BCUT2D eigenvalue weighted by atomic mass is 16.5. The van der Waals surface area contributed by atoms with Crippen molar-refractivity contribution < 1.29 is 19.4 Å². The molecule has 5 nitrogen and oxygen atoms in total. The molecule has 0 radical (unpaired) electrons. The molecular weight excluding hydrogens is 282 g/mol. The van der Waals surface area contributed by atoms with E-state index in [1.165, 1.54) is 0 Å². The fourth-order valence-corrected chi connectivity index (χ4v) is 3.25. The van der Waals surface area contributed by atoms with Gasteiger partial charge in [-0.1, -0.05) is 44.2 Å². The number of carbonyl (C=O) groups excluding carboxylic acids is 1. The van der Waals surface area contributed by atoms with Crippen molar-refractivity contribution in [3.05, 3.63) is 42.0 Å². The van der Waals surface area contributed by atoms with Crippen LogP contribution in [0.15, 0.2) is 36.4 Å². The van der Waals surface area contributed by atoms with Crippen LogP contribution in [0.1, 0.15) is 25.3 Å². The van der Waals surface area contributed by atoms with Crippen LogP contribution in [0.5, 0.6) is 0 Å². The molecule has 5 heteroatoms. The Kier molecular flexibility index (Phi) is 3.74. The predicted octanol–water partition coefficient (Wildman–Crippen LogP) is 2.40. The molecule has 0 aromatic heterocycles. The number of hydrogen-bond donors (Lipinski definition) is 2. The Morgan fingerprint density at radius 3 is 2.41 bits per heavy atom. The summed E-state index contributed by atoms with van der Waals surface area (Å²) in [7, 11) is 0. The van der Waals surface area contributed by atoms with E-state index in [2.05, 4.69) is 19.2 Å². The summed E-state index contributed by atoms with van der Waals surface area (Å²) in [5, 5.41) is 12.3. The third kappa shape index (κ3) is 2.41. The first-order chi connectivity index (χ1) is 10.5. The number of anilines is 1. The molecule has 2 heterocycles. The van der Waals surface area contributed by atoms with Gasteiger partial charge >= 0.3 is 5.97 Å². The Balaban J connectivity index is 1.83. The van der Waals surface area contributed by atoms with Crippen LogP contribution in [0.2, 0.25) is 0 Å². The highest BCUT2D eigenvalue weighted by Gasteiger charge is 2.53. The smallest absolute Gasteiger partial charge is 0.310 e. The predicted molar refractivity (Wildman–Crippen MR) is 81.6 cm³/mol. The lowest BCUT2D eigenvalue weighted by Crippen LogP contribution is -2.39. The standard InChI is InChI=1S/C17H19NO4/c1-9(2)10-5-3-4-6-11(10)18-16(19)14-12-7-8-13(22-12)15(14)17(20)21/h3-9,12-15H,1-2H3,(H,18,19)(H,20,21)/t12-,13-,14-,15-/m0/s1. The van der Waals surface area contributed by atoms with Gasteiger partial charge in [-0.05, 0) is 17.5 Å². The molecule has 1 saturated heterocycles. The minimum absolute atomic E-state index is 0.267. The number of para-hydroxylation sites is 1. The molecule has 1 aromatic carbocycles. The van der Waals surface area contributed by atoms with Crippen LogP contribution in [0, 0.1) is 11.8 Å². The second-order valence-corrected chi connectivity index (χ2v) is 6.07. The van der Waals surface area contributed by atoms with Gasteiger partial charge in [-0.3, -0.25) is 9.59 Å². The maximum absolute atomic E-state index is 12.6. The Labute approximate surface area is 129 Å². The molecule has 0 spiro atoms. The van der Waals surface area contributed by atoms with Crippen molar-refractivity contribution in [1.29, 1.82) is 0 Å². The van der Waals surface area contributed by atoms with Crippen molar-refractivity contribution >= 4 is 17.6 Å². The Morgan fingerprint density at radius 1 is 1.14 bits per heavy atom. The zero-order valence-corrected chi connectivity index (χ0v) is 12.5. The second-order valence-electron chi connectivity index (χ2n) is 6.07. The molecule has 4 atom stereocenters. The number of carboxylic acid groups (broad SMARTS) is 1. The average Bonchev–Trinajstić information content (AvgIpc) is 3.08. The van der Waals surface area contributed by atoms with E-state index >= 15 is 0 Å². The molecule has 3 rings (SSSR count). The number of nitrogens with one attached hydrogen (secondary N) is 1. The van der Waals surface area contributed by atoms with Crippen molar-refractivity contribution in [1.82, 2.24) is 0 Å². The van der Waals surface area contributed by atoms with Gasteiger partial charge in [0.25, 0.3) is 0 Å². The van der Waals surface area contributed by atoms with Gasteiger partial charge in [-0.15, -0.1) is 0 Å². The SMILES string of the molecule is CC(C)c1ccccc1NC(=O)[C@@H]1[C@@H](C(=O)O)[C@@H]2C=C[C@@H]1O2. The number of rotatable bonds is 4. The lowest BCUT2D eigenvalue weighted by molar-refractivity contribution is -0.145. The summed E-state index contributed by atoms with van der Waals surface area (Å²) in [5.41, 5.74) is 1.76. The van der Waals surface area contributed by atoms with Gasteiger partial charge in [0.1, 0.15) is 5.92 Å². The van der Waals surface area contributed by atoms with Gasteiger partial charge in [0.05, 0.1) is 18.1 Å². The lowest BCUT2D eigenvalue weighted by atomic mass is 9.82. The lowest BCUT2D eigenvalue weighted by Gasteiger charge is -2.22. The van der Waals surface area contributed by atoms with E-state index in [1.54, 1.807) is 12.2 Å². The van der Waals surface area contributed by atoms with Gasteiger partial charge < -0.3 is 15.2 Å². The Bertz CT molecular complexity index is 637. The molecule has 0 aliphatic carbocycles. The monoisotopic (exact) mass is 301 g/mol. The number of fused-ring (bicyclic) bond motifs is 2. The first-order valence-corrected chi connectivity index (χ1v) is 7.45. The fraction of sp³-hybridized carbons (Fsp3) is 0.412. The molecule has 1 amide bonds. The van der Waals surface area contributed by atoms with Gasteiger partial charge in [-0.25, -0.2) is 0 Å². The summed E-state index contributed by atoms with van der Waals surface area (Å²) in [5.74, 6) is -2.52. The van der Waals surface area contributed by atoms with Crippen molar-refractivity contribution in [2.45, 2.75) is 32.0 Å². The van der Waals surface area contributed by atoms with Crippen LogP contribution >= 0.6 is 0 Å². The number of carbonyl (C=O) groups is 2. The summed E-state index contributed by atoms with van der Waals surface area (Å²) in [6.07, 6.45) is 2.56. The number of carboxylic acids is 1. The van der Waals surface area contributed by atoms with Gasteiger partial charge in [0.2, 0.25) is 5.91 Å². The first-order valence-electron chi connectivity index (χ1n) is 7.45. The van der Waals surface area contributed by atoms with Gasteiger partial charge in [-0.2, -0.15) is 0 Å². The second kappa shape index (κ2) is 5.57. The van der Waals surface area contributed by atoms with Crippen LogP contribution in [0.3, 0.4) is 0 Å². The maximum Gasteiger partial charge on any atom is 0.310 e. The molecule has 0 unspecified atom stereocenters. The zero-order valence-electron chi connectivity index (χ0n) is 12.5. The summed E-state index contributed by atoms with van der Waals surface area (Å²) in [4.78, 5) is 24.0. The van der Waals surface area contributed by atoms with E-state index in [0.717, 1.165) is 11.3 Å². The van der Waals surface area contributed by atoms with E-state index in [4.69, 9.17) is 4.74 Å². The molecule has 0 saturated carbocycles. The molecule has 1 aromatic rings. The molecule has 1 fully saturated rings. The minimum Gasteiger partial charge on any atom is -0.481 e. The average molecular weight is 301 g/mol. The largest absolute Gasteiger partial charge is 0.481 e. The van der Waals surface area contributed by atoms with Crippen molar-refractivity contribution in [2.24, 2.45) is 11.8 Å². The normalized spacial score (nSPS) is 29.0. The summed E-state index contributed by atoms with van der Waals surface area (Å²) >= 11 is 0. The van der Waals surface area contributed by atoms with Crippen molar-refractivity contribution in [3.63, 3.8) is 0 Å². The molecule has 2 N–H and O–H groups in total. The van der Waals surface area contributed by atoms with E-state index in [0.29, 0.717) is 0 Å².